The minimum absolute atomic E-state index is 0.312. The van der Waals surface area contributed by atoms with E-state index in [0.717, 1.165) is 22.9 Å². The molecule has 9 heavy (non-hydrogen) atoms. The Morgan fingerprint density at radius 2 is 1.78 bits per heavy atom. The Labute approximate surface area is 71.2 Å². The van der Waals surface area contributed by atoms with Crippen molar-refractivity contribution in [3.8, 4) is 0 Å². The summed E-state index contributed by atoms with van der Waals surface area (Å²) in [6, 6.07) is 0. The van der Waals surface area contributed by atoms with Crippen molar-refractivity contribution in [1.29, 1.82) is 0 Å². The molecule has 0 heterocycles. The molecule has 3 heteroatoms. The molecule has 0 N–H and O–H groups in total. The van der Waals surface area contributed by atoms with E-state index in [1.165, 1.54) is 0 Å². The Hall–Kier alpha value is 0.719. The van der Waals surface area contributed by atoms with Gasteiger partial charge in [0.05, 0.1) is 0 Å². The molecule has 0 aliphatic carbocycles. The average molecular weight is 236 g/mol. The fraction of sp³-hybridized carbons (Fsp3) is 1.00. The zero-order valence-corrected chi connectivity index (χ0v) is 9.88. The Morgan fingerprint density at radius 3 is 1.78 bits per heavy atom. The molecule has 0 saturated heterocycles. The van der Waals surface area contributed by atoms with Crippen LogP contribution in [0.3, 0.4) is 0 Å². The second kappa shape index (κ2) is 4.52. The summed E-state index contributed by atoms with van der Waals surface area (Å²) >= 11 is 0.885. The Balaban J connectivity index is 3.68. The van der Waals surface area contributed by atoms with Crippen LogP contribution in [-0.2, 0) is 3.07 Å². The van der Waals surface area contributed by atoms with Crippen LogP contribution in [0.1, 0.15) is 13.8 Å². The van der Waals surface area contributed by atoms with Crippen LogP contribution < -0.4 is 0 Å². The molecule has 0 aromatic carbocycles. The molecule has 0 aliphatic heterocycles. The second-order valence-corrected chi connectivity index (χ2v) is 3.51. The van der Waals surface area contributed by atoms with Gasteiger partial charge in [-0.25, -0.2) is 0 Å². The second-order valence-electron chi connectivity index (χ2n) is 2.73. The zero-order valence-electron chi connectivity index (χ0n) is 6.59. The summed E-state index contributed by atoms with van der Waals surface area (Å²) in [5, 5.41) is 0. The standard InChI is InChI=1S/C6H14NO.Sn.H/c1-5(2)6(8)7(3)4;;/h5-6H,1-4H3;;/q-1;+1;. The predicted octanol–water partition coefficient (Wildman–Crippen LogP) is 0.362. The van der Waals surface area contributed by atoms with Crippen molar-refractivity contribution in [1.82, 2.24) is 4.90 Å². The summed E-state index contributed by atoms with van der Waals surface area (Å²) < 4.78 is 5.33. The van der Waals surface area contributed by atoms with Crippen LogP contribution in [0.25, 0.3) is 0 Å². The summed E-state index contributed by atoms with van der Waals surface area (Å²) in [6.45, 7) is 4.34. The molecule has 0 saturated carbocycles. The molecule has 2 nitrogen and oxygen atoms in total. The molecular weight excluding hydrogens is 221 g/mol. The SMILES string of the molecule is CC(C)C([O][SnH])N(C)C. The number of hydrogen-bond acceptors (Lipinski definition) is 2. The monoisotopic (exact) mass is 237 g/mol. The fourth-order valence-electron chi connectivity index (χ4n) is 0.875. The van der Waals surface area contributed by atoms with Gasteiger partial charge in [-0.1, -0.05) is 0 Å². The third-order valence-corrected chi connectivity index (χ3v) is 2.01. The first-order valence-electron chi connectivity index (χ1n) is 3.11. The van der Waals surface area contributed by atoms with Crippen LogP contribution in [-0.4, -0.2) is 48.2 Å². The zero-order chi connectivity index (χ0) is 7.44. The maximum atomic E-state index is 5.33. The molecule has 0 aromatic heterocycles. The van der Waals surface area contributed by atoms with Gasteiger partial charge in [-0.05, 0) is 0 Å². The third-order valence-electron chi connectivity index (χ3n) is 1.22. The van der Waals surface area contributed by atoms with E-state index in [9.17, 15) is 0 Å². The van der Waals surface area contributed by atoms with Crippen LogP contribution in [0, 0.1) is 5.92 Å². The van der Waals surface area contributed by atoms with Crippen molar-refractivity contribution >= 4 is 22.9 Å². The summed E-state index contributed by atoms with van der Waals surface area (Å²) in [7, 11) is 4.09. The number of nitrogens with zero attached hydrogens (tertiary/aromatic N) is 1. The van der Waals surface area contributed by atoms with Gasteiger partial charge in [0, 0.05) is 0 Å². The van der Waals surface area contributed by atoms with Crippen LogP contribution in [0.15, 0.2) is 0 Å². The first-order valence-corrected chi connectivity index (χ1v) is 4.46. The summed E-state index contributed by atoms with van der Waals surface area (Å²) in [4.78, 5) is 2.11. The molecule has 0 bridgehead atoms. The quantitative estimate of drug-likeness (QED) is 0.518. The van der Waals surface area contributed by atoms with Crippen LogP contribution in [0.4, 0.5) is 0 Å². The predicted molar refractivity (Wildman–Crippen MR) is 40.5 cm³/mol. The van der Waals surface area contributed by atoms with Crippen molar-refractivity contribution in [3.63, 3.8) is 0 Å². The Morgan fingerprint density at radius 1 is 1.33 bits per heavy atom. The van der Waals surface area contributed by atoms with Gasteiger partial charge in [-0.3, -0.25) is 0 Å². The van der Waals surface area contributed by atoms with Crippen molar-refractivity contribution in [2.75, 3.05) is 14.1 Å². The molecule has 0 rings (SSSR count). The van der Waals surface area contributed by atoms with Crippen molar-refractivity contribution in [3.05, 3.63) is 0 Å². The average Bonchev–Trinajstić information content (AvgIpc) is 1.64. The van der Waals surface area contributed by atoms with Crippen molar-refractivity contribution in [2.45, 2.75) is 20.1 Å². The molecule has 0 spiro atoms. The first kappa shape index (κ1) is 9.72. The van der Waals surface area contributed by atoms with Crippen LogP contribution >= 0.6 is 0 Å². The fourth-order valence-corrected chi connectivity index (χ4v) is 2.47. The van der Waals surface area contributed by atoms with Crippen molar-refractivity contribution < 1.29 is 3.07 Å². The van der Waals surface area contributed by atoms with Gasteiger partial charge < -0.3 is 0 Å². The Bertz CT molecular complexity index is 67.5. The van der Waals surface area contributed by atoms with Crippen LogP contribution in [0.2, 0.25) is 0 Å². The van der Waals surface area contributed by atoms with E-state index in [1.807, 2.05) is 14.1 Å². The van der Waals surface area contributed by atoms with E-state index < -0.39 is 0 Å². The third kappa shape index (κ3) is 3.43. The van der Waals surface area contributed by atoms with E-state index in [0.29, 0.717) is 12.1 Å². The number of rotatable bonds is 3. The molecule has 0 aliphatic rings. The van der Waals surface area contributed by atoms with E-state index in [-0.39, 0.29) is 0 Å². The van der Waals surface area contributed by atoms with E-state index in [4.69, 9.17) is 3.07 Å². The molecule has 0 amide bonds. The summed E-state index contributed by atoms with van der Waals surface area (Å²) in [6.07, 6.45) is 0.312. The van der Waals surface area contributed by atoms with Crippen LogP contribution in [0.5, 0.6) is 0 Å². The summed E-state index contributed by atoms with van der Waals surface area (Å²) in [5.41, 5.74) is 0. The van der Waals surface area contributed by atoms with Gasteiger partial charge in [0.2, 0.25) is 0 Å². The molecule has 0 fully saturated rings. The van der Waals surface area contributed by atoms with Gasteiger partial charge in [0.25, 0.3) is 0 Å². The molecule has 54 valence electrons. The van der Waals surface area contributed by atoms with Gasteiger partial charge in [0.1, 0.15) is 0 Å². The Kier molecular flexibility index (Phi) is 4.88. The van der Waals surface area contributed by atoms with Gasteiger partial charge in [0.15, 0.2) is 0 Å². The molecule has 0 aromatic rings. The summed E-state index contributed by atoms with van der Waals surface area (Å²) in [5.74, 6) is 0.593. The molecular formula is C6H15NOSn. The number of hydrogen-bond donors (Lipinski definition) is 0. The minimum atomic E-state index is 0.312. The van der Waals surface area contributed by atoms with Gasteiger partial charge in [-0.2, -0.15) is 0 Å². The maximum absolute atomic E-state index is 5.33. The van der Waals surface area contributed by atoms with Gasteiger partial charge in [-0.15, -0.1) is 0 Å². The van der Waals surface area contributed by atoms with E-state index in [1.54, 1.807) is 0 Å². The molecule has 2 radical (unpaired) electrons. The topological polar surface area (TPSA) is 12.5 Å². The molecule has 1 atom stereocenters. The first-order chi connectivity index (χ1) is 4.09. The molecule has 1 unspecified atom stereocenters. The van der Waals surface area contributed by atoms with Gasteiger partial charge >= 0.3 is 71.0 Å². The van der Waals surface area contributed by atoms with E-state index >= 15 is 0 Å². The van der Waals surface area contributed by atoms with E-state index in [2.05, 4.69) is 18.7 Å². The normalized spacial score (nSPS) is 15.0. The van der Waals surface area contributed by atoms with Crippen molar-refractivity contribution in [2.24, 2.45) is 5.92 Å².